The van der Waals surface area contributed by atoms with Gasteiger partial charge in [-0.3, -0.25) is 9.48 Å². The van der Waals surface area contributed by atoms with Crippen LogP contribution in [0, 0.1) is 13.8 Å². The fraction of sp³-hybridized carbons (Fsp3) is 0.174. The fourth-order valence-corrected chi connectivity index (χ4v) is 3.23. The second-order valence-electron chi connectivity index (χ2n) is 7.15. The molecule has 7 nitrogen and oxygen atoms in total. The van der Waals surface area contributed by atoms with Crippen molar-refractivity contribution in [2.75, 3.05) is 5.32 Å². The number of amides is 1. The zero-order valence-corrected chi connectivity index (χ0v) is 17.9. The summed E-state index contributed by atoms with van der Waals surface area (Å²) >= 11 is 6.13. The molecule has 31 heavy (non-hydrogen) atoms. The first kappa shape index (κ1) is 20.7. The molecular formula is C23H21ClN4O3. The van der Waals surface area contributed by atoms with Gasteiger partial charge in [0.1, 0.15) is 18.1 Å². The van der Waals surface area contributed by atoms with Gasteiger partial charge in [-0.15, -0.1) is 0 Å². The predicted molar refractivity (Wildman–Crippen MR) is 117 cm³/mol. The number of benzene rings is 2. The molecule has 0 bridgehead atoms. The Bertz CT molecular complexity index is 1200. The molecule has 0 fully saturated rings. The molecule has 0 atom stereocenters. The van der Waals surface area contributed by atoms with E-state index in [0.717, 1.165) is 5.56 Å². The lowest BCUT2D eigenvalue weighted by atomic mass is 10.1. The van der Waals surface area contributed by atoms with Crippen molar-refractivity contribution in [1.82, 2.24) is 14.9 Å². The number of hydrogen-bond acceptors (Lipinski definition) is 5. The van der Waals surface area contributed by atoms with Crippen molar-refractivity contribution in [3.8, 4) is 5.75 Å². The molecular weight excluding hydrogens is 416 g/mol. The lowest BCUT2D eigenvalue weighted by molar-refractivity contribution is 0.101. The molecule has 0 saturated heterocycles. The number of carbonyl (C=O) groups excluding carboxylic acids is 1. The normalized spacial score (nSPS) is 10.8. The number of aryl methyl sites for hydroxylation is 2. The number of para-hydroxylation sites is 1. The highest BCUT2D eigenvalue weighted by Gasteiger charge is 2.21. The molecule has 2 aromatic heterocycles. The van der Waals surface area contributed by atoms with Crippen LogP contribution >= 0.6 is 11.6 Å². The molecule has 0 radical (unpaired) electrons. The van der Waals surface area contributed by atoms with Gasteiger partial charge in [0.25, 0.3) is 5.91 Å². The Morgan fingerprint density at radius 3 is 2.71 bits per heavy atom. The largest absolute Gasteiger partial charge is 0.487 e. The number of nitrogens with one attached hydrogen (secondary N) is 1. The van der Waals surface area contributed by atoms with Gasteiger partial charge in [0, 0.05) is 6.20 Å². The van der Waals surface area contributed by atoms with Gasteiger partial charge in [-0.25, -0.2) is 0 Å². The molecule has 1 amide bonds. The summed E-state index contributed by atoms with van der Waals surface area (Å²) in [6.45, 7) is 4.49. The van der Waals surface area contributed by atoms with E-state index in [2.05, 4.69) is 39.8 Å². The number of carbonyl (C=O) groups is 1. The highest BCUT2D eigenvalue weighted by molar-refractivity contribution is 6.32. The fourth-order valence-electron chi connectivity index (χ4n) is 3.04. The smallest absolute Gasteiger partial charge is 0.278 e. The lowest BCUT2D eigenvalue weighted by Gasteiger charge is -2.08. The second-order valence-corrected chi connectivity index (χ2v) is 7.56. The number of ether oxygens (including phenoxy) is 1. The molecule has 0 aliphatic rings. The summed E-state index contributed by atoms with van der Waals surface area (Å²) in [5.41, 5.74) is 3.61. The van der Waals surface area contributed by atoms with E-state index >= 15 is 0 Å². The Morgan fingerprint density at radius 2 is 1.94 bits per heavy atom. The van der Waals surface area contributed by atoms with E-state index in [9.17, 15) is 4.79 Å². The van der Waals surface area contributed by atoms with Crippen LogP contribution in [0.2, 0.25) is 5.02 Å². The minimum atomic E-state index is -0.399. The van der Waals surface area contributed by atoms with Crippen molar-refractivity contribution in [2.45, 2.75) is 27.0 Å². The van der Waals surface area contributed by atoms with Crippen LogP contribution in [0.15, 0.2) is 65.4 Å². The Hall–Kier alpha value is -3.58. The topological polar surface area (TPSA) is 82.2 Å². The van der Waals surface area contributed by atoms with Crippen LogP contribution in [0.3, 0.4) is 0 Å². The van der Waals surface area contributed by atoms with E-state index in [4.69, 9.17) is 20.9 Å². The molecule has 4 aromatic rings. The molecule has 2 aromatic carbocycles. The van der Waals surface area contributed by atoms with E-state index in [1.165, 1.54) is 5.56 Å². The van der Waals surface area contributed by atoms with Crippen molar-refractivity contribution >= 4 is 23.2 Å². The van der Waals surface area contributed by atoms with Crippen LogP contribution in [-0.2, 0) is 13.2 Å². The molecule has 0 aliphatic heterocycles. The Morgan fingerprint density at radius 1 is 1.16 bits per heavy atom. The van der Waals surface area contributed by atoms with Gasteiger partial charge in [0.15, 0.2) is 5.69 Å². The minimum Gasteiger partial charge on any atom is -0.487 e. The molecule has 0 unspecified atom stereocenters. The van der Waals surface area contributed by atoms with Crippen LogP contribution in [0.4, 0.5) is 5.69 Å². The first-order valence-corrected chi connectivity index (χ1v) is 10.1. The number of hydrogen-bond donors (Lipinski definition) is 1. The number of nitrogens with zero attached hydrogens (tertiary/aromatic N) is 3. The minimum absolute atomic E-state index is 0.106. The average Bonchev–Trinajstić information content (AvgIpc) is 3.35. The zero-order chi connectivity index (χ0) is 21.8. The number of anilines is 1. The standard InChI is InChI=1S/C23H21ClN4O3/c1-15-7-9-17(10-8-15)12-28-13-18(11-25-28)26-23(29)22-19(16(2)31-27-22)14-30-21-6-4-3-5-20(21)24/h3-11,13H,12,14H2,1-2H3,(H,26,29). The first-order chi connectivity index (χ1) is 15.0. The van der Waals surface area contributed by atoms with E-state index in [-0.39, 0.29) is 12.3 Å². The predicted octanol–water partition coefficient (Wildman–Crippen LogP) is 5.02. The molecule has 2 heterocycles. The Labute approximate surface area is 184 Å². The molecule has 158 valence electrons. The summed E-state index contributed by atoms with van der Waals surface area (Å²) < 4.78 is 12.7. The lowest BCUT2D eigenvalue weighted by Crippen LogP contribution is -2.15. The second kappa shape index (κ2) is 9.06. The van der Waals surface area contributed by atoms with Crippen molar-refractivity contribution in [3.05, 3.63) is 94.1 Å². The third kappa shape index (κ3) is 4.95. The molecule has 0 saturated carbocycles. The molecule has 0 spiro atoms. The Balaban J connectivity index is 1.43. The van der Waals surface area contributed by atoms with Crippen molar-refractivity contribution in [2.24, 2.45) is 0 Å². The maximum absolute atomic E-state index is 12.8. The van der Waals surface area contributed by atoms with Crippen molar-refractivity contribution < 1.29 is 14.1 Å². The van der Waals surface area contributed by atoms with Gasteiger partial charge in [-0.1, -0.05) is 58.7 Å². The summed E-state index contributed by atoms with van der Waals surface area (Å²) in [6.07, 6.45) is 3.36. The number of aromatic nitrogens is 3. The van der Waals surface area contributed by atoms with Crippen LogP contribution in [-0.4, -0.2) is 20.8 Å². The van der Waals surface area contributed by atoms with Gasteiger partial charge >= 0.3 is 0 Å². The van der Waals surface area contributed by atoms with Gasteiger partial charge in [0.2, 0.25) is 0 Å². The van der Waals surface area contributed by atoms with Crippen molar-refractivity contribution in [3.63, 3.8) is 0 Å². The number of rotatable bonds is 7. The van der Waals surface area contributed by atoms with E-state index in [1.54, 1.807) is 36.1 Å². The van der Waals surface area contributed by atoms with E-state index in [1.807, 2.05) is 19.1 Å². The highest BCUT2D eigenvalue weighted by Crippen LogP contribution is 2.25. The number of halogens is 1. The van der Waals surface area contributed by atoms with Gasteiger partial charge in [-0.2, -0.15) is 5.10 Å². The highest BCUT2D eigenvalue weighted by atomic mass is 35.5. The van der Waals surface area contributed by atoms with Gasteiger partial charge in [0.05, 0.1) is 29.0 Å². The summed E-state index contributed by atoms with van der Waals surface area (Å²) in [5.74, 6) is 0.630. The van der Waals surface area contributed by atoms with Crippen LogP contribution in [0.1, 0.15) is 32.9 Å². The maximum Gasteiger partial charge on any atom is 0.278 e. The molecule has 4 rings (SSSR count). The first-order valence-electron chi connectivity index (χ1n) is 9.71. The Kier molecular flexibility index (Phi) is 6.04. The van der Waals surface area contributed by atoms with Gasteiger partial charge < -0.3 is 14.6 Å². The molecule has 0 aliphatic carbocycles. The molecule has 1 N–H and O–H groups in total. The SMILES string of the molecule is Cc1ccc(Cn2cc(NC(=O)c3noc(C)c3COc3ccccc3Cl)cn2)cc1. The quantitative estimate of drug-likeness (QED) is 0.439. The van der Waals surface area contributed by atoms with Crippen LogP contribution in [0.25, 0.3) is 0 Å². The third-order valence-electron chi connectivity index (χ3n) is 4.76. The van der Waals surface area contributed by atoms with Crippen LogP contribution < -0.4 is 10.1 Å². The van der Waals surface area contributed by atoms with E-state index in [0.29, 0.717) is 34.3 Å². The summed E-state index contributed by atoms with van der Waals surface area (Å²) in [6, 6.07) is 15.4. The monoisotopic (exact) mass is 436 g/mol. The zero-order valence-electron chi connectivity index (χ0n) is 17.1. The summed E-state index contributed by atoms with van der Waals surface area (Å²) in [4.78, 5) is 12.8. The van der Waals surface area contributed by atoms with Crippen LogP contribution in [0.5, 0.6) is 5.75 Å². The summed E-state index contributed by atoms with van der Waals surface area (Å²) in [5, 5.41) is 11.5. The van der Waals surface area contributed by atoms with Crippen molar-refractivity contribution in [1.29, 1.82) is 0 Å². The summed E-state index contributed by atoms with van der Waals surface area (Å²) in [7, 11) is 0. The molecule has 8 heteroatoms. The third-order valence-corrected chi connectivity index (χ3v) is 5.08. The van der Waals surface area contributed by atoms with E-state index < -0.39 is 5.91 Å². The van der Waals surface area contributed by atoms with Gasteiger partial charge in [-0.05, 0) is 31.5 Å². The average molecular weight is 437 g/mol. The maximum atomic E-state index is 12.8.